The first-order valence-electron chi connectivity index (χ1n) is 7.01. The van der Waals surface area contributed by atoms with E-state index in [1.54, 1.807) is 7.11 Å². The van der Waals surface area contributed by atoms with Crippen molar-refractivity contribution in [2.45, 2.75) is 45.2 Å². The first kappa shape index (κ1) is 12.9. The van der Waals surface area contributed by atoms with Crippen LogP contribution in [-0.4, -0.2) is 13.2 Å². The van der Waals surface area contributed by atoms with E-state index in [2.05, 4.69) is 37.4 Å². The maximum atomic E-state index is 5.33. The lowest BCUT2D eigenvalue weighted by Gasteiger charge is -2.09. The molecule has 2 aromatic rings. The smallest absolute Gasteiger partial charge is 0.120 e. The largest absolute Gasteiger partial charge is 0.497 e. The zero-order chi connectivity index (χ0) is 13.4. The van der Waals surface area contributed by atoms with Crippen molar-refractivity contribution in [3.8, 4) is 5.75 Å². The number of hydrogen-bond acceptors (Lipinski definition) is 3. The molecule has 1 fully saturated rings. The van der Waals surface area contributed by atoms with E-state index < -0.39 is 0 Å². The summed E-state index contributed by atoms with van der Waals surface area (Å²) in [6, 6.07) is 7.20. The van der Waals surface area contributed by atoms with E-state index in [1.165, 1.54) is 33.4 Å². The van der Waals surface area contributed by atoms with Gasteiger partial charge in [-0.25, -0.2) is 0 Å². The number of benzene rings is 1. The molecule has 0 aliphatic heterocycles. The van der Waals surface area contributed by atoms with Crippen LogP contribution in [0, 0.1) is 0 Å². The highest BCUT2D eigenvalue weighted by Gasteiger charge is 2.22. The molecule has 0 unspecified atom stereocenters. The van der Waals surface area contributed by atoms with Gasteiger partial charge in [-0.2, -0.15) is 0 Å². The highest BCUT2D eigenvalue weighted by atomic mass is 32.1. The van der Waals surface area contributed by atoms with Gasteiger partial charge in [0.25, 0.3) is 0 Å². The summed E-state index contributed by atoms with van der Waals surface area (Å²) >= 11 is 1.91. The summed E-state index contributed by atoms with van der Waals surface area (Å²) < 4.78 is 6.67. The van der Waals surface area contributed by atoms with Gasteiger partial charge < -0.3 is 10.1 Å². The van der Waals surface area contributed by atoms with Gasteiger partial charge in [-0.1, -0.05) is 13.8 Å². The van der Waals surface area contributed by atoms with Crippen molar-refractivity contribution >= 4 is 21.4 Å². The molecule has 102 valence electrons. The average Bonchev–Trinajstić information content (AvgIpc) is 3.15. The quantitative estimate of drug-likeness (QED) is 0.879. The van der Waals surface area contributed by atoms with Crippen LogP contribution in [0.25, 0.3) is 10.1 Å². The van der Waals surface area contributed by atoms with Crippen molar-refractivity contribution in [2.75, 3.05) is 7.11 Å². The predicted octanol–water partition coefficient (Wildman–Crippen LogP) is 4.29. The lowest BCUT2D eigenvalue weighted by atomic mass is 9.99. The fourth-order valence-electron chi connectivity index (χ4n) is 2.56. The Morgan fingerprint density at radius 3 is 2.79 bits per heavy atom. The van der Waals surface area contributed by atoms with Gasteiger partial charge >= 0.3 is 0 Å². The summed E-state index contributed by atoms with van der Waals surface area (Å²) in [5.41, 5.74) is 1.51. The number of thiophene rings is 1. The highest BCUT2D eigenvalue weighted by molar-refractivity contribution is 7.19. The summed E-state index contributed by atoms with van der Waals surface area (Å²) in [5.74, 6) is 1.52. The SMILES string of the molecule is COc1ccc2c(C(C)C)c(CNC3CC3)sc2c1. The number of nitrogens with one attached hydrogen (secondary N) is 1. The van der Waals surface area contributed by atoms with Crippen LogP contribution in [0.5, 0.6) is 5.75 Å². The molecule has 19 heavy (non-hydrogen) atoms. The molecule has 0 radical (unpaired) electrons. The Hall–Kier alpha value is -1.06. The molecule has 1 aliphatic carbocycles. The van der Waals surface area contributed by atoms with Gasteiger partial charge in [0.1, 0.15) is 5.75 Å². The molecular weight excluding hydrogens is 254 g/mol. The molecule has 3 rings (SSSR count). The van der Waals surface area contributed by atoms with Gasteiger partial charge in [-0.15, -0.1) is 11.3 Å². The van der Waals surface area contributed by atoms with E-state index in [1.807, 2.05) is 11.3 Å². The van der Waals surface area contributed by atoms with E-state index in [4.69, 9.17) is 4.74 Å². The van der Waals surface area contributed by atoms with Crippen LogP contribution >= 0.6 is 11.3 Å². The molecule has 0 atom stereocenters. The summed E-state index contributed by atoms with van der Waals surface area (Å²) in [7, 11) is 1.73. The van der Waals surface area contributed by atoms with Crippen molar-refractivity contribution in [1.82, 2.24) is 5.32 Å². The van der Waals surface area contributed by atoms with E-state index >= 15 is 0 Å². The molecule has 0 spiro atoms. The van der Waals surface area contributed by atoms with Gasteiger partial charge in [0.2, 0.25) is 0 Å². The number of hydrogen-bond donors (Lipinski definition) is 1. The van der Waals surface area contributed by atoms with Gasteiger partial charge in [0, 0.05) is 22.2 Å². The highest BCUT2D eigenvalue weighted by Crippen LogP contribution is 2.38. The summed E-state index contributed by atoms with van der Waals surface area (Å²) in [5, 5.41) is 5.03. The van der Waals surface area contributed by atoms with Gasteiger partial charge in [0.15, 0.2) is 0 Å². The topological polar surface area (TPSA) is 21.3 Å². The minimum atomic E-state index is 0.568. The van der Waals surface area contributed by atoms with Crippen molar-refractivity contribution < 1.29 is 4.74 Å². The van der Waals surface area contributed by atoms with Gasteiger partial charge in [0.05, 0.1) is 7.11 Å². The van der Waals surface area contributed by atoms with Crippen molar-refractivity contribution in [1.29, 1.82) is 0 Å². The lowest BCUT2D eigenvalue weighted by Crippen LogP contribution is -2.15. The molecule has 2 nitrogen and oxygen atoms in total. The van der Waals surface area contributed by atoms with E-state index in [0.29, 0.717) is 5.92 Å². The molecule has 0 saturated heterocycles. The third-order valence-corrected chi connectivity index (χ3v) is 4.89. The lowest BCUT2D eigenvalue weighted by molar-refractivity contribution is 0.415. The zero-order valence-corrected chi connectivity index (χ0v) is 12.6. The van der Waals surface area contributed by atoms with Crippen LogP contribution in [0.1, 0.15) is 43.0 Å². The van der Waals surface area contributed by atoms with Crippen LogP contribution < -0.4 is 10.1 Å². The van der Waals surface area contributed by atoms with Crippen LogP contribution in [0.4, 0.5) is 0 Å². The van der Waals surface area contributed by atoms with Crippen molar-refractivity contribution in [3.63, 3.8) is 0 Å². The summed E-state index contributed by atoms with van der Waals surface area (Å²) in [6.07, 6.45) is 2.69. The third kappa shape index (κ3) is 2.63. The number of rotatable bonds is 5. The summed E-state index contributed by atoms with van der Waals surface area (Å²) in [6.45, 7) is 5.58. The number of ether oxygens (including phenoxy) is 1. The fourth-order valence-corrected chi connectivity index (χ4v) is 3.90. The molecule has 1 aliphatic rings. The Morgan fingerprint density at radius 2 is 2.16 bits per heavy atom. The third-order valence-electron chi connectivity index (χ3n) is 3.72. The van der Waals surface area contributed by atoms with Crippen molar-refractivity contribution in [3.05, 3.63) is 28.6 Å². The maximum Gasteiger partial charge on any atom is 0.120 e. The molecule has 1 heterocycles. The Bertz CT molecular complexity index is 584. The van der Waals surface area contributed by atoms with Crippen LogP contribution in [0.2, 0.25) is 0 Å². The monoisotopic (exact) mass is 275 g/mol. The maximum absolute atomic E-state index is 5.33. The number of methoxy groups -OCH3 is 1. The average molecular weight is 275 g/mol. The molecule has 1 aromatic carbocycles. The Labute approximate surface area is 118 Å². The standard InChI is InChI=1S/C16H21NOS/c1-10(2)16-13-7-6-12(18-3)8-14(13)19-15(16)9-17-11-4-5-11/h6-8,10-11,17H,4-5,9H2,1-3H3. The molecule has 1 aromatic heterocycles. The molecule has 3 heteroatoms. The molecule has 0 bridgehead atoms. The second kappa shape index (κ2) is 5.14. The van der Waals surface area contributed by atoms with E-state index in [-0.39, 0.29) is 0 Å². The Morgan fingerprint density at radius 1 is 1.37 bits per heavy atom. The Kier molecular flexibility index (Phi) is 3.50. The molecule has 0 amide bonds. The normalized spacial score (nSPS) is 15.4. The van der Waals surface area contributed by atoms with Crippen molar-refractivity contribution in [2.24, 2.45) is 0 Å². The van der Waals surface area contributed by atoms with E-state index in [9.17, 15) is 0 Å². The van der Waals surface area contributed by atoms with Gasteiger partial charge in [-0.05, 0) is 47.9 Å². The molecule has 1 N–H and O–H groups in total. The first-order valence-corrected chi connectivity index (χ1v) is 7.83. The second-order valence-corrected chi connectivity index (χ2v) is 6.75. The minimum Gasteiger partial charge on any atom is -0.497 e. The van der Waals surface area contributed by atoms with Crippen LogP contribution in [0.15, 0.2) is 18.2 Å². The second-order valence-electron chi connectivity index (χ2n) is 5.61. The predicted molar refractivity (Wildman–Crippen MR) is 82.3 cm³/mol. The fraction of sp³-hybridized carbons (Fsp3) is 0.500. The van der Waals surface area contributed by atoms with Gasteiger partial charge in [-0.3, -0.25) is 0 Å². The molecule has 1 saturated carbocycles. The summed E-state index contributed by atoms with van der Waals surface area (Å²) in [4.78, 5) is 1.49. The first-order chi connectivity index (χ1) is 9.19. The molecular formula is C16H21NOS. The van der Waals surface area contributed by atoms with E-state index in [0.717, 1.165) is 18.3 Å². The number of fused-ring (bicyclic) bond motifs is 1. The Balaban J connectivity index is 2.00. The van der Waals surface area contributed by atoms with Crippen LogP contribution in [0.3, 0.4) is 0 Å². The van der Waals surface area contributed by atoms with Crippen LogP contribution in [-0.2, 0) is 6.54 Å². The minimum absolute atomic E-state index is 0.568. The zero-order valence-electron chi connectivity index (χ0n) is 11.8.